The quantitative estimate of drug-likeness (QED) is 0.776. The third kappa shape index (κ3) is 3.12. The number of nitrogens with zero attached hydrogens (tertiary/aromatic N) is 2. The van der Waals surface area contributed by atoms with E-state index in [1.54, 1.807) is 24.4 Å². The van der Waals surface area contributed by atoms with E-state index in [0.29, 0.717) is 10.6 Å². The van der Waals surface area contributed by atoms with Crippen molar-refractivity contribution < 1.29 is 4.79 Å². The molecule has 1 aromatic heterocycles. The van der Waals surface area contributed by atoms with Crippen molar-refractivity contribution in [2.45, 2.75) is 13.8 Å². The van der Waals surface area contributed by atoms with Gasteiger partial charge in [-0.25, -0.2) is 4.68 Å². The molecule has 0 saturated heterocycles. The third-order valence-electron chi connectivity index (χ3n) is 3.72. The summed E-state index contributed by atoms with van der Waals surface area (Å²) in [6.07, 6.45) is 1.75. The van der Waals surface area contributed by atoms with Gasteiger partial charge in [-0.15, -0.1) is 0 Å². The molecule has 0 atom stereocenters. The molecule has 2 aromatic carbocycles. The van der Waals surface area contributed by atoms with Crippen molar-refractivity contribution in [2.75, 3.05) is 5.32 Å². The average Bonchev–Trinajstić information content (AvgIpc) is 2.98. The fourth-order valence-electron chi connectivity index (χ4n) is 2.33. The van der Waals surface area contributed by atoms with E-state index in [9.17, 15) is 4.79 Å². The number of amides is 1. The molecule has 0 fully saturated rings. The van der Waals surface area contributed by atoms with Crippen LogP contribution in [0.2, 0.25) is 5.02 Å². The van der Waals surface area contributed by atoms with E-state index < -0.39 is 0 Å². The van der Waals surface area contributed by atoms with Crippen molar-refractivity contribution >= 4 is 23.2 Å². The second kappa shape index (κ2) is 6.26. The number of hydrogen-bond donors (Lipinski definition) is 1. The number of carbonyl (C=O) groups is 1. The van der Waals surface area contributed by atoms with Gasteiger partial charge in [-0.1, -0.05) is 17.7 Å². The second-order valence-corrected chi connectivity index (χ2v) is 5.70. The van der Waals surface area contributed by atoms with Crippen molar-refractivity contribution in [3.05, 3.63) is 76.6 Å². The number of hydrogen-bond acceptors (Lipinski definition) is 2. The van der Waals surface area contributed by atoms with Gasteiger partial charge in [0.15, 0.2) is 0 Å². The number of halogens is 1. The summed E-state index contributed by atoms with van der Waals surface area (Å²) < 4.78 is 1.82. The van der Waals surface area contributed by atoms with Crippen LogP contribution in [0.5, 0.6) is 0 Å². The zero-order valence-electron chi connectivity index (χ0n) is 12.9. The molecule has 0 bridgehead atoms. The van der Waals surface area contributed by atoms with Crippen LogP contribution in [0, 0.1) is 13.8 Å². The molecule has 0 unspecified atom stereocenters. The minimum atomic E-state index is -0.167. The summed E-state index contributed by atoms with van der Waals surface area (Å²) in [5.74, 6) is -0.167. The molecule has 0 aliphatic carbocycles. The molecule has 0 aliphatic heterocycles. The van der Waals surface area contributed by atoms with Gasteiger partial charge in [-0.05, 0) is 61.9 Å². The van der Waals surface area contributed by atoms with Crippen LogP contribution in [0.4, 0.5) is 5.69 Å². The van der Waals surface area contributed by atoms with Crippen LogP contribution in [0.1, 0.15) is 21.6 Å². The first-order valence-electron chi connectivity index (χ1n) is 7.24. The van der Waals surface area contributed by atoms with Crippen molar-refractivity contribution in [1.82, 2.24) is 9.78 Å². The molecule has 0 aliphatic rings. The maximum Gasteiger partial charge on any atom is 0.255 e. The van der Waals surface area contributed by atoms with E-state index in [1.165, 1.54) is 0 Å². The van der Waals surface area contributed by atoms with Crippen LogP contribution < -0.4 is 5.32 Å². The smallest absolute Gasteiger partial charge is 0.255 e. The maximum absolute atomic E-state index is 12.4. The van der Waals surface area contributed by atoms with E-state index in [0.717, 1.165) is 22.6 Å². The normalized spacial score (nSPS) is 10.6. The number of benzene rings is 2. The number of carbonyl (C=O) groups excluding carboxylic acids is 1. The highest BCUT2D eigenvalue weighted by Crippen LogP contribution is 2.23. The summed E-state index contributed by atoms with van der Waals surface area (Å²) in [5, 5.41) is 7.77. The van der Waals surface area contributed by atoms with Gasteiger partial charge in [0, 0.05) is 28.2 Å². The largest absolute Gasteiger partial charge is 0.322 e. The highest BCUT2D eigenvalue weighted by Gasteiger charge is 2.10. The molecule has 116 valence electrons. The van der Waals surface area contributed by atoms with Gasteiger partial charge < -0.3 is 5.32 Å². The minimum absolute atomic E-state index is 0.167. The lowest BCUT2D eigenvalue weighted by atomic mass is 10.1. The fraction of sp³-hybridized carbons (Fsp3) is 0.111. The first-order valence-corrected chi connectivity index (χ1v) is 7.61. The van der Waals surface area contributed by atoms with Crippen molar-refractivity contribution in [3.63, 3.8) is 0 Å². The highest BCUT2D eigenvalue weighted by atomic mass is 35.5. The molecule has 3 aromatic rings. The van der Waals surface area contributed by atoms with Gasteiger partial charge in [0.1, 0.15) is 0 Å². The lowest BCUT2D eigenvalue weighted by Crippen LogP contribution is -2.13. The molecule has 0 radical (unpaired) electrons. The Balaban J connectivity index is 1.81. The summed E-state index contributed by atoms with van der Waals surface area (Å²) in [7, 11) is 0. The molecule has 1 amide bonds. The summed E-state index contributed by atoms with van der Waals surface area (Å²) in [5.41, 5.74) is 4.11. The second-order valence-electron chi connectivity index (χ2n) is 5.30. The Labute approximate surface area is 139 Å². The van der Waals surface area contributed by atoms with Gasteiger partial charge in [0.2, 0.25) is 0 Å². The molecular formula is C18H16ClN3O. The molecule has 23 heavy (non-hydrogen) atoms. The Morgan fingerprint density at radius 3 is 2.48 bits per heavy atom. The Bertz CT molecular complexity index is 853. The molecule has 1 N–H and O–H groups in total. The summed E-state index contributed by atoms with van der Waals surface area (Å²) in [6, 6.07) is 14.7. The maximum atomic E-state index is 12.4. The predicted octanol–water partition coefficient (Wildman–Crippen LogP) is 4.39. The molecule has 0 spiro atoms. The van der Waals surface area contributed by atoms with Crippen molar-refractivity contribution in [3.8, 4) is 5.69 Å². The van der Waals surface area contributed by atoms with Crippen molar-refractivity contribution in [2.24, 2.45) is 0 Å². The topological polar surface area (TPSA) is 46.9 Å². The molecular weight excluding hydrogens is 310 g/mol. The van der Waals surface area contributed by atoms with Gasteiger partial charge in [0.05, 0.1) is 5.69 Å². The molecule has 1 heterocycles. The molecule has 0 saturated carbocycles. The van der Waals surface area contributed by atoms with E-state index in [4.69, 9.17) is 11.6 Å². The Kier molecular flexibility index (Phi) is 4.17. The SMILES string of the molecule is Cc1c(Cl)cccc1NC(=O)c1ccc(-n2nccc2C)cc1. The molecule has 3 rings (SSSR count). The van der Waals surface area contributed by atoms with Crippen LogP contribution in [0.25, 0.3) is 5.69 Å². The van der Waals surface area contributed by atoms with E-state index in [2.05, 4.69) is 10.4 Å². The third-order valence-corrected chi connectivity index (χ3v) is 4.13. The zero-order valence-corrected chi connectivity index (χ0v) is 13.6. The Morgan fingerprint density at radius 2 is 1.83 bits per heavy atom. The fourth-order valence-corrected chi connectivity index (χ4v) is 2.51. The lowest BCUT2D eigenvalue weighted by Gasteiger charge is -2.10. The van der Waals surface area contributed by atoms with Crippen LogP contribution >= 0.6 is 11.6 Å². The van der Waals surface area contributed by atoms with Gasteiger partial charge in [0.25, 0.3) is 5.91 Å². The lowest BCUT2D eigenvalue weighted by molar-refractivity contribution is 0.102. The van der Waals surface area contributed by atoms with Crippen LogP contribution in [-0.4, -0.2) is 15.7 Å². The minimum Gasteiger partial charge on any atom is -0.322 e. The van der Waals surface area contributed by atoms with E-state index in [1.807, 2.05) is 48.9 Å². The highest BCUT2D eigenvalue weighted by molar-refractivity contribution is 6.31. The monoisotopic (exact) mass is 325 g/mol. The van der Waals surface area contributed by atoms with Crippen LogP contribution in [0.15, 0.2) is 54.7 Å². The van der Waals surface area contributed by atoms with Gasteiger partial charge in [-0.3, -0.25) is 4.79 Å². The summed E-state index contributed by atoms with van der Waals surface area (Å²) in [4.78, 5) is 12.4. The number of nitrogens with one attached hydrogen (secondary N) is 1. The van der Waals surface area contributed by atoms with Gasteiger partial charge in [-0.2, -0.15) is 5.10 Å². The molecule has 5 heteroatoms. The summed E-state index contributed by atoms with van der Waals surface area (Å²) >= 11 is 6.07. The number of aryl methyl sites for hydroxylation is 1. The summed E-state index contributed by atoms with van der Waals surface area (Å²) in [6.45, 7) is 3.86. The average molecular weight is 326 g/mol. The zero-order chi connectivity index (χ0) is 16.4. The van der Waals surface area contributed by atoms with Crippen LogP contribution in [-0.2, 0) is 0 Å². The number of aromatic nitrogens is 2. The standard InChI is InChI=1S/C18H16ClN3O/c1-12-10-11-20-22(12)15-8-6-14(7-9-15)18(23)21-17-5-3-4-16(19)13(17)2/h3-11H,1-2H3,(H,21,23). The van der Waals surface area contributed by atoms with E-state index in [-0.39, 0.29) is 5.91 Å². The first-order chi connectivity index (χ1) is 11.1. The van der Waals surface area contributed by atoms with E-state index >= 15 is 0 Å². The number of anilines is 1. The Hall–Kier alpha value is -2.59. The first kappa shape index (κ1) is 15.3. The van der Waals surface area contributed by atoms with Crippen LogP contribution in [0.3, 0.4) is 0 Å². The molecule has 4 nitrogen and oxygen atoms in total. The Morgan fingerprint density at radius 1 is 1.09 bits per heavy atom. The van der Waals surface area contributed by atoms with Crippen molar-refractivity contribution in [1.29, 1.82) is 0 Å². The number of rotatable bonds is 3. The predicted molar refractivity (Wildman–Crippen MR) is 92.4 cm³/mol. The van der Waals surface area contributed by atoms with Gasteiger partial charge >= 0.3 is 0 Å².